The summed E-state index contributed by atoms with van der Waals surface area (Å²) in [4.78, 5) is 17.9. The number of hydrogen-bond acceptors (Lipinski definition) is 4. The number of hydrogen-bond donors (Lipinski definition) is 1. The van der Waals surface area contributed by atoms with Crippen LogP contribution < -0.4 is 0 Å². The third kappa shape index (κ3) is 2.05. The zero-order chi connectivity index (χ0) is 11.9. The van der Waals surface area contributed by atoms with Crippen LogP contribution >= 0.6 is 38.6 Å². The molecule has 0 spiro atoms. The van der Waals surface area contributed by atoms with Crippen molar-refractivity contribution in [2.75, 3.05) is 0 Å². The van der Waals surface area contributed by atoms with E-state index in [2.05, 4.69) is 20.9 Å². The van der Waals surface area contributed by atoms with Gasteiger partial charge < -0.3 is 5.11 Å². The summed E-state index contributed by atoms with van der Waals surface area (Å²) in [5.41, 5.74) is 0.149. The van der Waals surface area contributed by atoms with Gasteiger partial charge in [-0.1, -0.05) is 0 Å². The smallest absolute Gasteiger partial charge is 0.356 e. The lowest BCUT2D eigenvalue weighted by Crippen LogP contribution is -1.98. The molecule has 0 aliphatic rings. The number of aryl methyl sites for hydroxylation is 2. The van der Waals surface area contributed by atoms with Crippen molar-refractivity contribution in [3.63, 3.8) is 0 Å². The average Bonchev–Trinajstić information content (AvgIpc) is 2.71. The largest absolute Gasteiger partial charge is 0.476 e. The van der Waals surface area contributed by atoms with Crippen LogP contribution in [0.15, 0.2) is 10.5 Å². The molecule has 0 aromatic carbocycles. The number of carbonyl (C=O) groups is 1. The maximum Gasteiger partial charge on any atom is 0.356 e. The van der Waals surface area contributed by atoms with E-state index in [0.29, 0.717) is 0 Å². The van der Waals surface area contributed by atoms with E-state index in [-0.39, 0.29) is 5.69 Å². The monoisotopic (exact) mass is 317 g/mol. The van der Waals surface area contributed by atoms with Gasteiger partial charge in [-0.15, -0.1) is 22.7 Å². The SMILES string of the molecule is Cc1nc(C(=O)O)c(-c2cc(Br)c(C)s2)s1. The highest BCUT2D eigenvalue weighted by molar-refractivity contribution is 9.10. The Kier molecular flexibility index (Phi) is 3.14. The molecule has 0 amide bonds. The van der Waals surface area contributed by atoms with Crippen molar-refractivity contribution in [1.29, 1.82) is 0 Å². The summed E-state index contributed by atoms with van der Waals surface area (Å²) in [5, 5.41) is 9.83. The molecular weight excluding hydrogens is 310 g/mol. The van der Waals surface area contributed by atoms with Gasteiger partial charge in [0.15, 0.2) is 5.69 Å². The van der Waals surface area contributed by atoms with E-state index in [1.165, 1.54) is 11.3 Å². The molecular formula is C10H8BrNO2S2. The third-order valence-electron chi connectivity index (χ3n) is 2.02. The van der Waals surface area contributed by atoms with Gasteiger partial charge in [0.05, 0.1) is 9.88 Å². The number of carboxylic acid groups (broad SMARTS) is 1. The summed E-state index contributed by atoms with van der Waals surface area (Å²) in [5.74, 6) is -0.971. The molecule has 6 heteroatoms. The third-order valence-corrected chi connectivity index (χ3v) is 5.31. The van der Waals surface area contributed by atoms with Crippen LogP contribution in [0.25, 0.3) is 9.75 Å². The maximum atomic E-state index is 11.0. The second-order valence-corrected chi connectivity index (χ2v) is 6.54. The molecule has 1 N–H and O–H groups in total. The summed E-state index contributed by atoms with van der Waals surface area (Å²) in [6.45, 7) is 3.81. The summed E-state index contributed by atoms with van der Waals surface area (Å²) in [6.07, 6.45) is 0. The predicted molar refractivity (Wildman–Crippen MR) is 69.6 cm³/mol. The van der Waals surface area contributed by atoms with E-state index in [1.807, 2.05) is 19.9 Å². The van der Waals surface area contributed by atoms with Gasteiger partial charge in [-0.25, -0.2) is 9.78 Å². The standard InChI is InChI=1S/C10H8BrNO2S2/c1-4-6(11)3-7(15-4)9-8(10(13)14)12-5(2)16-9/h3H,1-2H3,(H,13,14). The molecule has 0 atom stereocenters. The molecule has 2 aromatic rings. The van der Waals surface area contributed by atoms with Crippen LogP contribution in [0.1, 0.15) is 20.4 Å². The van der Waals surface area contributed by atoms with Gasteiger partial charge in [0.2, 0.25) is 0 Å². The molecule has 84 valence electrons. The summed E-state index contributed by atoms with van der Waals surface area (Å²) in [6, 6.07) is 1.94. The van der Waals surface area contributed by atoms with Gasteiger partial charge in [0.25, 0.3) is 0 Å². The Hall–Kier alpha value is -0.720. The van der Waals surface area contributed by atoms with Gasteiger partial charge in [0, 0.05) is 14.2 Å². The fourth-order valence-corrected chi connectivity index (χ4v) is 3.86. The first-order chi connectivity index (χ1) is 7.49. The topological polar surface area (TPSA) is 50.2 Å². The minimum atomic E-state index is -0.971. The van der Waals surface area contributed by atoms with Gasteiger partial charge in [-0.05, 0) is 35.8 Å². The van der Waals surface area contributed by atoms with Crippen molar-refractivity contribution in [3.8, 4) is 9.75 Å². The fourth-order valence-electron chi connectivity index (χ4n) is 1.31. The molecule has 0 bridgehead atoms. The number of thiazole rings is 1. The Morgan fingerprint density at radius 2 is 2.12 bits per heavy atom. The minimum Gasteiger partial charge on any atom is -0.476 e. The van der Waals surface area contributed by atoms with Crippen molar-refractivity contribution < 1.29 is 9.90 Å². The molecule has 0 unspecified atom stereocenters. The van der Waals surface area contributed by atoms with Crippen molar-refractivity contribution in [1.82, 2.24) is 4.98 Å². The highest BCUT2D eigenvalue weighted by Crippen LogP contribution is 2.38. The van der Waals surface area contributed by atoms with Gasteiger partial charge >= 0.3 is 5.97 Å². The van der Waals surface area contributed by atoms with E-state index >= 15 is 0 Å². The highest BCUT2D eigenvalue weighted by atomic mass is 79.9. The zero-order valence-electron chi connectivity index (χ0n) is 8.57. The highest BCUT2D eigenvalue weighted by Gasteiger charge is 2.19. The molecule has 16 heavy (non-hydrogen) atoms. The molecule has 0 saturated carbocycles. The van der Waals surface area contributed by atoms with Gasteiger partial charge in [0.1, 0.15) is 0 Å². The first kappa shape index (κ1) is 11.8. The molecule has 0 radical (unpaired) electrons. The molecule has 0 aliphatic carbocycles. The Bertz CT molecular complexity index is 540. The van der Waals surface area contributed by atoms with E-state index in [0.717, 1.165) is 24.1 Å². The Morgan fingerprint density at radius 1 is 1.44 bits per heavy atom. The van der Waals surface area contributed by atoms with E-state index in [9.17, 15) is 4.79 Å². The average molecular weight is 318 g/mol. The molecule has 3 nitrogen and oxygen atoms in total. The van der Waals surface area contributed by atoms with Crippen molar-refractivity contribution in [3.05, 3.63) is 26.1 Å². The van der Waals surface area contributed by atoms with Crippen LogP contribution in [0.2, 0.25) is 0 Å². The minimum absolute atomic E-state index is 0.149. The molecule has 0 aliphatic heterocycles. The lowest BCUT2D eigenvalue weighted by atomic mass is 10.3. The Labute approximate surface area is 109 Å². The Morgan fingerprint density at radius 3 is 2.62 bits per heavy atom. The van der Waals surface area contributed by atoms with Crippen LogP contribution in [0, 0.1) is 13.8 Å². The molecule has 2 heterocycles. The summed E-state index contributed by atoms with van der Waals surface area (Å²) < 4.78 is 1.01. The van der Waals surface area contributed by atoms with E-state index in [1.54, 1.807) is 11.3 Å². The number of aromatic carboxylic acids is 1. The van der Waals surface area contributed by atoms with Crippen LogP contribution in [0.3, 0.4) is 0 Å². The molecule has 2 aromatic heterocycles. The predicted octanol–water partition coefficient (Wildman–Crippen LogP) is 3.95. The number of halogens is 1. The fraction of sp³-hybridized carbons (Fsp3) is 0.200. The maximum absolute atomic E-state index is 11.0. The lowest BCUT2D eigenvalue weighted by Gasteiger charge is -1.92. The molecule has 2 rings (SSSR count). The normalized spacial score (nSPS) is 10.7. The number of aromatic nitrogens is 1. The van der Waals surface area contributed by atoms with Crippen LogP contribution in [-0.4, -0.2) is 16.1 Å². The zero-order valence-corrected chi connectivity index (χ0v) is 11.8. The number of carboxylic acids is 1. The van der Waals surface area contributed by atoms with Crippen molar-refractivity contribution in [2.45, 2.75) is 13.8 Å². The number of rotatable bonds is 2. The lowest BCUT2D eigenvalue weighted by molar-refractivity contribution is 0.0692. The van der Waals surface area contributed by atoms with E-state index in [4.69, 9.17) is 5.11 Å². The quantitative estimate of drug-likeness (QED) is 0.912. The summed E-state index contributed by atoms with van der Waals surface area (Å²) in [7, 11) is 0. The second kappa shape index (κ2) is 4.27. The van der Waals surface area contributed by atoms with Crippen molar-refractivity contribution >= 4 is 44.6 Å². The van der Waals surface area contributed by atoms with Crippen LogP contribution in [0.4, 0.5) is 0 Å². The summed E-state index contributed by atoms with van der Waals surface area (Å²) >= 11 is 6.42. The first-order valence-electron chi connectivity index (χ1n) is 4.46. The number of nitrogens with zero attached hydrogens (tertiary/aromatic N) is 1. The second-order valence-electron chi connectivity index (χ2n) is 3.23. The van der Waals surface area contributed by atoms with Gasteiger partial charge in [-0.3, -0.25) is 0 Å². The Balaban J connectivity index is 2.59. The van der Waals surface area contributed by atoms with Crippen molar-refractivity contribution in [2.24, 2.45) is 0 Å². The van der Waals surface area contributed by atoms with Crippen LogP contribution in [-0.2, 0) is 0 Å². The molecule has 0 saturated heterocycles. The number of thiophene rings is 1. The first-order valence-corrected chi connectivity index (χ1v) is 6.88. The molecule has 0 fully saturated rings. The van der Waals surface area contributed by atoms with Crippen LogP contribution in [0.5, 0.6) is 0 Å². The van der Waals surface area contributed by atoms with Gasteiger partial charge in [-0.2, -0.15) is 0 Å². The van der Waals surface area contributed by atoms with E-state index < -0.39 is 5.97 Å².